The molecule has 0 spiro atoms. The number of nitrogens with two attached hydrogens (primary N) is 1. The number of benzene rings is 1. The molecule has 1 aliphatic heterocycles. The Morgan fingerprint density at radius 2 is 2.00 bits per heavy atom. The quantitative estimate of drug-likeness (QED) is 0.924. The molecule has 1 aliphatic rings. The van der Waals surface area contributed by atoms with E-state index < -0.39 is 0 Å². The van der Waals surface area contributed by atoms with Crippen LogP contribution >= 0.6 is 11.6 Å². The summed E-state index contributed by atoms with van der Waals surface area (Å²) in [4.78, 5) is 14.6. The molecular weight excluding hydrogens is 324 g/mol. The van der Waals surface area contributed by atoms with Crippen LogP contribution in [-0.4, -0.2) is 40.2 Å². The zero-order chi connectivity index (χ0) is 17.3. The number of aromatic nitrogens is 2. The number of amides is 1. The first-order chi connectivity index (χ1) is 11.5. The highest BCUT2D eigenvalue weighted by Gasteiger charge is 2.35. The van der Waals surface area contributed by atoms with Gasteiger partial charge in [0.05, 0.1) is 16.4 Å². The Morgan fingerprint density at radius 3 is 2.58 bits per heavy atom. The van der Waals surface area contributed by atoms with Crippen LogP contribution in [0.25, 0.3) is 0 Å². The summed E-state index contributed by atoms with van der Waals surface area (Å²) in [6.07, 6.45) is 0. The van der Waals surface area contributed by atoms with Crippen LogP contribution in [-0.2, 0) is 11.3 Å². The summed E-state index contributed by atoms with van der Waals surface area (Å²) in [5, 5.41) is 4.98. The van der Waals surface area contributed by atoms with Crippen molar-refractivity contribution in [2.75, 3.05) is 19.6 Å². The Bertz CT molecular complexity index is 728. The molecular formula is C18H23ClN4O. The minimum atomic E-state index is 0.0640. The first kappa shape index (κ1) is 17.0. The van der Waals surface area contributed by atoms with Gasteiger partial charge < -0.3 is 10.6 Å². The standard InChI is InChI=1S/C18H23ClN4O/c1-12-18(19)13(2)23(21-12)11-17(24)22-9-15(8-20)16(10-22)14-6-4-3-5-7-14/h3-7,15-16H,8-11,20H2,1-2H3/t15-,16+/m1/s1. The van der Waals surface area contributed by atoms with Gasteiger partial charge in [0, 0.05) is 19.0 Å². The molecule has 5 nitrogen and oxygen atoms in total. The van der Waals surface area contributed by atoms with Crippen molar-refractivity contribution in [1.82, 2.24) is 14.7 Å². The molecule has 1 saturated heterocycles. The van der Waals surface area contributed by atoms with E-state index in [9.17, 15) is 4.79 Å². The number of hydrogen-bond acceptors (Lipinski definition) is 3. The van der Waals surface area contributed by atoms with Gasteiger partial charge in [-0.15, -0.1) is 0 Å². The topological polar surface area (TPSA) is 64.2 Å². The van der Waals surface area contributed by atoms with Gasteiger partial charge in [0.25, 0.3) is 0 Å². The Hall–Kier alpha value is -1.85. The Morgan fingerprint density at radius 1 is 1.29 bits per heavy atom. The third-order valence-corrected chi connectivity index (χ3v) is 5.45. The molecule has 24 heavy (non-hydrogen) atoms. The first-order valence-corrected chi connectivity index (χ1v) is 8.61. The molecule has 128 valence electrons. The van der Waals surface area contributed by atoms with Crippen LogP contribution in [0.2, 0.25) is 5.02 Å². The predicted molar refractivity (Wildman–Crippen MR) is 95.0 cm³/mol. The van der Waals surface area contributed by atoms with Crippen molar-refractivity contribution in [2.45, 2.75) is 26.3 Å². The maximum Gasteiger partial charge on any atom is 0.244 e. The van der Waals surface area contributed by atoms with Gasteiger partial charge in [-0.25, -0.2) is 0 Å². The van der Waals surface area contributed by atoms with Crippen molar-refractivity contribution in [1.29, 1.82) is 0 Å². The summed E-state index contributed by atoms with van der Waals surface area (Å²) in [6.45, 7) is 5.93. The lowest BCUT2D eigenvalue weighted by atomic mass is 9.89. The van der Waals surface area contributed by atoms with Crippen molar-refractivity contribution >= 4 is 17.5 Å². The minimum Gasteiger partial charge on any atom is -0.340 e. The van der Waals surface area contributed by atoms with E-state index in [0.29, 0.717) is 36.5 Å². The van der Waals surface area contributed by atoms with Crippen LogP contribution in [0, 0.1) is 19.8 Å². The molecule has 1 fully saturated rings. The molecule has 0 bridgehead atoms. The molecule has 2 atom stereocenters. The molecule has 1 aromatic heterocycles. The highest BCUT2D eigenvalue weighted by Crippen LogP contribution is 2.32. The molecule has 2 N–H and O–H groups in total. The average molecular weight is 347 g/mol. The van der Waals surface area contributed by atoms with Crippen LogP contribution in [0.3, 0.4) is 0 Å². The molecule has 6 heteroatoms. The van der Waals surface area contributed by atoms with E-state index in [0.717, 1.165) is 11.4 Å². The zero-order valence-corrected chi connectivity index (χ0v) is 14.8. The molecule has 3 rings (SSSR count). The van der Waals surface area contributed by atoms with E-state index in [4.69, 9.17) is 17.3 Å². The fraction of sp³-hybridized carbons (Fsp3) is 0.444. The lowest BCUT2D eigenvalue weighted by Crippen LogP contribution is -2.33. The number of aryl methyl sites for hydroxylation is 1. The number of hydrogen-bond donors (Lipinski definition) is 1. The molecule has 1 aromatic carbocycles. The van der Waals surface area contributed by atoms with Gasteiger partial charge in [0.15, 0.2) is 0 Å². The van der Waals surface area contributed by atoms with E-state index >= 15 is 0 Å². The van der Waals surface area contributed by atoms with Gasteiger partial charge in [0.2, 0.25) is 5.91 Å². The van der Waals surface area contributed by atoms with E-state index in [1.165, 1.54) is 5.56 Å². The third-order valence-electron chi connectivity index (χ3n) is 4.90. The Labute approximate surface area is 147 Å². The highest BCUT2D eigenvalue weighted by molar-refractivity contribution is 6.31. The predicted octanol–water partition coefficient (Wildman–Crippen LogP) is 2.35. The van der Waals surface area contributed by atoms with Crippen molar-refractivity contribution in [3.05, 3.63) is 52.3 Å². The van der Waals surface area contributed by atoms with Crippen molar-refractivity contribution in [3.8, 4) is 0 Å². The summed E-state index contributed by atoms with van der Waals surface area (Å²) in [6, 6.07) is 10.3. The average Bonchev–Trinajstić information content (AvgIpc) is 3.13. The van der Waals surface area contributed by atoms with Gasteiger partial charge >= 0.3 is 0 Å². The number of nitrogens with zero attached hydrogens (tertiary/aromatic N) is 3. The SMILES string of the molecule is Cc1nn(CC(=O)N2C[C@@H](CN)[C@H](c3ccccc3)C2)c(C)c1Cl. The monoisotopic (exact) mass is 346 g/mol. The van der Waals surface area contributed by atoms with Crippen LogP contribution in [0.1, 0.15) is 22.9 Å². The first-order valence-electron chi connectivity index (χ1n) is 8.23. The molecule has 0 radical (unpaired) electrons. The second kappa shape index (κ2) is 6.95. The second-order valence-corrected chi connectivity index (χ2v) is 6.83. The second-order valence-electron chi connectivity index (χ2n) is 6.45. The number of carbonyl (C=O) groups excluding carboxylic acids is 1. The molecule has 2 heterocycles. The van der Waals surface area contributed by atoms with Crippen LogP contribution in [0.4, 0.5) is 0 Å². The Kier molecular flexibility index (Phi) is 4.92. The third kappa shape index (κ3) is 3.19. The van der Waals surface area contributed by atoms with E-state index in [-0.39, 0.29) is 12.5 Å². The number of halogens is 1. The van der Waals surface area contributed by atoms with Crippen molar-refractivity contribution < 1.29 is 4.79 Å². The lowest BCUT2D eigenvalue weighted by Gasteiger charge is -2.17. The molecule has 0 aliphatic carbocycles. The number of rotatable bonds is 4. The maximum atomic E-state index is 12.7. The summed E-state index contributed by atoms with van der Waals surface area (Å²) >= 11 is 6.17. The summed E-state index contributed by atoms with van der Waals surface area (Å²) in [5.41, 5.74) is 8.78. The molecule has 1 amide bonds. The van der Waals surface area contributed by atoms with Gasteiger partial charge in [-0.3, -0.25) is 9.48 Å². The summed E-state index contributed by atoms with van der Waals surface area (Å²) in [7, 11) is 0. The summed E-state index contributed by atoms with van der Waals surface area (Å²) < 4.78 is 1.69. The fourth-order valence-corrected chi connectivity index (χ4v) is 3.58. The van der Waals surface area contributed by atoms with Crippen LogP contribution in [0.15, 0.2) is 30.3 Å². The largest absolute Gasteiger partial charge is 0.340 e. The van der Waals surface area contributed by atoms with Gasteiger partial charge in [-0.2, -0.15) is 5.10 Å². The molecule has 0 saturated carbocycles. The molecule has 2 aromatic rings. The Balaban J connectivity index is 1.73. The smallest absolute Gasteiger partial charge is 0.244 e. The van der Waals surface area contributed by atoms with E-state index in [1.54, 1.807) is 4.68 Å². The van der Waals surface area contributed by atoms with Crippen molar-refractivity contribution in [3.63, 3.8) is 0 Å². The number of likely N-dealkylation sites (tertiary alicyclic amines) is 1. The maximum absolute atomic E-state index is 12.7. The normalized spacial score (nSPS) is 20.6. The van der Waals surface area contributed by atoms with Crippen molar-refractivity contribution in [2.24, 2.45) is 11.7 Å². The zero-order valence-electron chi connectivity index (χ0n) is 14.1. The van der Waals surface area contributed by atoms with Crippen LogP contribution in [0.5, 0.6) is 0 Å². The summed E-state index contributed by atoms with van der Waals surface area (Å²) in [5.74, 6) is 0.652. The van der Waals surface area contributed by atoms with E-state index in [1.807, 2.05) is 36.9 Å². The van der Waals surface area contributed by atoms with Gasteiger partial charge in [-0.1, -0.05) is 41.9 Å². The fourth-order valence-electron chi connectivity index (χ4n) is 3.45. The minimum absolute atomic E-state index is 0.0640. The molecule has 0 unspecified atom stereocenters. The van der Waals surface area contributed by atoms with Gasteiger partial charge in [-0.05, 0) is 31.9 Å². The van der Waals surface area contributed by atoms with E-state index in [2.05, 4.69) is 17.2 Å². The number of carbonyl (C=O) groups is 1. The lowest BCUT2D eigenvalue weighted by molar-refractivity contribution is -0.131. The highest BCUT2D eigenvalue weighted by atomic mass is 35.5. The van der Waals surface area contributed by atoms with Crippen LogP contribution < -0.4 is 5.73 Å². The van der Waals surface area contributed by atoms with Gasteiger partial charge in [0.1, 0.15) is 6.54 Å².